The van der Waals surface area contributed by atoms with Crippen LogP contribution >= 0.6 is 15.9 Å². The fraction of sp³-hybridized carbons (Fsp3) is 0.250. The molecule has 1 N–H and O–H groups in total. The molecule has 0 radical (unpaired) electrons. The van der Waals surface area contributed by atoms with Crippen molar-refractivity contribution in [3.8, 4) is 5.75 Å². The lowest BCUT2D eigenvalue weighted by Crippen LogP contribution is -2.36. The molecule has 0 saturated carbocycles. The van der Waals surface area contributed by atoms with Gasteiger partial charge in [0, 0.05) is 29.2 Å². The molecule has 2 aromatic carbocycles. The molecule has 1 saturated heterocycles. The van der Waals surface area contributed by atoms with Gasteiger partial charge in [-0.1, -0.05) is 34.1 Å². The number of carbonyl (C=O) groups is 1. The third-order valence-corrected chi connectivity index (χ3v) is 4.61. The topological polar surface area (TPSA) is 50.8 Å². The van der Waals surface area contributed by atoms with Crippen molar-refractivity contribution < 1.29 is 23.0 Å². The van der Waals surface area contributed by atoms with Crippen LogP contribution in [0.3, 0.4) is 0 Å². The van der Waals surface area contributed by atoms with E-state index in [-0.39, 0.29) is 11.7 Å². The molecule has 0 unspecified atom stereocenters. The van der Waals surface area contributed by atoms with Gasteiger partial charge in [-0.3, -0.25) is 4.79 Å². The summed E-state index contributed by atoms with van der Waals surface area (Å²) in [6, 6.07) is 12.0. The lowest BCUT2D eigenvalue weighted by atomic mass is 10.2. The quantitative estimate of drug-likeness (QED) is 0.653. The van der Waals surface area contributed by atoms with E-state index in [9.17, 15) is 13.6 Å². The Balaban J connectivity index is 1.75. The first kappa shape index (κ1) is 20.3. The summed E-state index contributed by atoms with van der Waals surface area (Å²) in [7, 11) is 0. The Hall–Kier alpha value is -2.45. The minimum absolute atomic E-state index is 0.0120. The normalized spacial score (nSPS) is 14.5. The molecule has 2 aromatic rings. The molecule has 0 aliphatic carbocycles. The number of amides is 1. The van der Waals surface area contributed by atoms with Crippen LogP contribution in [-0.2, 0) is 9.53 Å². The third kappa shape index (κ3) is 5.53. The molecule has 8 heteroatoms. The van der Waals surface area contributed by atoms with Gasteiger partial charge < -0.3 is 19.7 Å². The summed E-state index contributed by atoms with van der Waals surface area (Å²) < 4.78 is 35.7. The number of alkyl halides is 2. The monoisotopic (exact) mass is 452 g/mol. The Kier molecular flexibility index (Phi) is 7.00. The van der Waals surface area contributed by atoms with Gasteiger partial charge in [0.15, 0.2) is 0 Å². The molecule has 1 amide bonds. The number of halogens is 3. The van der Waals surface area contributed by atoms with Crippen LogP contribution in [-0.4, -0.2) is 38.8 Å². The maximum absolute atomic E-state index is 12.5. The van der Waals surface area contributed by atoms with Crippen molar-refractivity contribution >= 4 is 39.3 Å². The van der Waals surface area contributed by atoms with Crippen LogP contribution in [0.25, 0.3) is 6.08 Å². The fourth-order valence-corrected chi connectivity index (χ4v) is 3.21. The van der Waals surface area contributed by atoms with E-state index in [0.717, 1.165) is 23.2 Å². The zero-order chi connectivity index (χ0) is 19.9. The molecule has 1 heterocycles. The lowest BCUT2D eigenvalue weighted by molar-refractivity contribution is -0.111. The Morgan fingerprint density at radius 2 is 1.96 bits per heavy atom. The number of hydrogen-bond acceptors (Lipinski definition) is 4. The summed E-state index contributed by atoms with van der Waals surface area (Å²) in [4.78, 5) is 14.6. The van der Waals surface area contributed by atoms with Gasteiger partial charge in [-0.2, -0.15) is 8.78 Å². The van der Waals surface area contributed by atoms with E-state index >= 15 is 0 Å². The van der Waals surface area contributed by atoms with Gasteiger partial charge in [0.1, 0.15) is 5.75 Å². The standard InChI is InChI=1S/C20H19BrF2N2O3/c21-15-6-7-17(25-9-11-27-12-10-25)16(13-15)24-19(26)8-5-14-3-1-2-4-18(14)28-20(22)23/h1-8,13,20H,9-12H2,(H,24,26). The number of nitrogens with one attached hydrogen (secondary N) is 1. The van der Waals surface area contributed by atoms with Crippen molar-refractivity contribution in [2.75, 3.05) is 36.5 Å². The van der Waals surface area contributed by atoms with Crippen LogP contribution in [0.15, 0.2) is 53.0 Å². The number of benzene rings is 2. The second-order valence-electron chi connectivity index (χ2n) is 6.00. The van der Waals surface area contributed by atoms with Gasteiger partial charge >= 0.3 is 6.61 Å². The fourth-order valence-electron chi connectivity index (χ4n) is 2.85. The number of anilines is 2. The lowest BCUT2D eigenvalue weighted by Gasteiger charge is -2.30. The second kappa shape index (κ2) is 9.66. The molecule has 0 bridgehead atoms. The van der Waals surface area contributed by atoms with Crippen LogP contribution in [0.1, 0.15) is 5.56 Å². The Morgan fingerprint density at radius 1 is 1.21 bits per heavy atom. The van der Waals surface area contributed by atoms with Gasteiger partial charge in [-0.05, 0) is 30.3 Å². The first-order valence-electron chi connectivity index (χ1n) is 8.68. The molecule has 3 rings (SSSR count). The molecule has 1 aliphatic rings. The predicted molar refractivity (Wildman–Crippen MR) is 108 cm³/mol. The van der Waals surface area contributed by atoms with Gasteiger partial charge in [0.25, 0.3) is 0 Å². The zero-order valence-electron chi connectivity index (χ0n) is 14.9. The van der Waals surface area contributed by atoms with E-state index in [0.29, 0.717) is 24.5 Å². The van der Waals surface area contributed by atoms with Crippen molar-refractivity contribution in [2.45, 2.75) is 6.61 Å². The molecule has 1 fully saturated rings. The van der Waals surface area contributed by atoms with Gasteiger partial charge in [0.2, 0.25) is 5.91 Å². The largest absolute Gasteiger partial charge is 0.434 e. The molecule has 5 nitrogen and oxygen atoms in total. The smallest absolute Gasteiger partial charge is 0.387 e. The van der Waals surface area contributed by atoms with E-state index in [1.807, 2.05) is 18.2 Å². The molecule has 0 atom stereocenters. The highest BCUT2D eigenvalue weighted by Crippen LogP contribution is 2.30. The van der Waals surface area contributed by atoms with Crippen molar-refractivity contribution in [3.63, 3.8) is 0 Å². The first-order valence-corrected chi connectivity index (χ1v) is 9.47. The minimum atomic E-state index is -2.93. The van der Waals surface area contributed by atoms with Gasteiger partial charge in [0.05, 0.1) is 24.6 Å². The number of para-hydroxylation sites is 1. The van der Waals surface area contributed by atoms with Crippen molar-refractivity contribution in [3.05, 3.63) is 58.6 Å². The average molecular weight is 453 g/mol. The zero-order valence-corrected chi connectivity index (χ0v) is 16.5. The molecule has 1 aliphatic heterocycles. The second-order valence-corrected chi connectivity index (χ2v) is 6.92. The third-order valence-electron chi connectivity index (χ3n) is 4.12. The molecule has 0 spiro atoms. The Morgan fingerprint density at radius 3 is 2.71 bits per heavy atom. The first-order chi connectivity index (χ1) is 13.5. The number of nitrogens with zero attached hydrogens (tertiary/aromatic N) is 1. The van der Waals surface area contributed by atoms with E-state index < -0.39 is 6.61 Å². The van der Waals surface area contributed by atoms with E-state index in [1.165, 1.54) is 18.2 Å². The molecule has 0 aromatic heterocycles. The summed E-state index contributed by atoms with van der Waals surface area (Å²) in [5.74, 6) is -0.363. The average Bonchev–Trinajstić information content (AvgIpc) is 2.68. The maximum atomic E-state index is 12.5. The summed E-state index contributed by atoms with van der Waals surface area (Å²) in [5.41, 5.74) is 1.94. The highest BCUT2D eigenvalue weighted by molar-refractivity contribution is 9.10. The van der Waals surface area contributed by atoms with Gasteiger partial charge in [-0.15, -0.1) is 0 Å². The summed E-state index contributed by atoms with van der Waals surface area (Å²) in [5, 5.41) is 2.85. The van der Waals surface area contributed by atoms with E-state index in [2.05, 4.69) is 30.9 Å². The van der Waals surface area contributed by atoms with E-state index in [1.54, 1.807) is 18.2 Å². The predicted octanol–water partition coefficient (Wildman–Crippen LogP) is 4.54. The van der Waals surface area contributed by atoms with Crippen LogP contribution < -0.4 is 15.0 Å². The number of hydrogen-bond donors (Lipinski definition) is 1. The highest BCUT2D eigenvalue weighted by Gasteiger charge is 2.16. The number of morpholine rings is 1. The molecule has 148 valence electrons. The minimum Gasteiger partial charge on any atom is -0.434 e. The SMILES string of the molecule is O=C(C=Cc1ccccc1OC(F)F)Nc1cc(Br)ccc1N1CCOCC1. The van der Waals surface area contributed by atoms with E-state index in [4.69, 9.17) is 4.74 Å². The summed E-state index contributed by atoms with van der Waals surface area (Å²) in [6.45, 7) is -0.201. The Bertz CT molecular complexity index is 855. The van der Waals surface area contributed by atoms with Crippen LogP contribution in [0.2, 0.25) is 0 Å². The molecular formula is C20H19BrF2N2O3. The molecule has 28 heavy (non-hydrogen) atoms. The number of carbonyl (C=O) groups excluding carboxylic acids is 1. The summed E-state index contributed by atoms with van der Waals surface area (Å²) >= 11 is 3.42. The highest BCUT2D eigenvalue weighted by atomic mass is 79.9. The molecular weight excluding hydrogens is 434 g/mol. The maximum Gasteiger partial charge on any atom is 0.387 e. The Labute approximate surface area is 170 Å². The van der Waals surface area contributed by atoms with Crippen LogP contribution in [0.4, 0.5) is 20.2 Å². The van der Waals surface area contributed by atoms with Crippen LogP contribution in [0.5, 0.6) is 5.75 Å². The van der Waals surface area contributed by atoms with Crippen LogP contribution in [0, 0.1) is 0 Å². The van der Waals surface area contributed by atoms with Crippen molar-refractivity contribution in [2.24, 2.45) is 0 Å². The summed E-state index contributed by atoms with van der Waals surface area (Å²) in [6.07, 6.45) is 2.73. The number of ether oxygens (including phenoxy) is 2. The van der Waals surface area contributed by atoms with Crippen molar-refractivity contribution in [1.29, 1.82) is 0 Å². The van der Waals surface area contributed by atoms with Crippen molar-refractivity contribution in [1.82, 2.24) is 0 Å². The van der Waals surface area contributed by atoms with Gasteiger partial charge in [-0.25, -0.2) is 0 Å². The number of rotatable bonds is 6.